The fraction of sp³-hybridized carbons (Fsp3) is 0.200. The standard InChI is InChI=1S/C20H19N5O2/c1-13(23-15-6-4-5-14(11-15)18-21-12-22-24-18)9-10-25-19(26)16-7-2-3-8-17(16)20(25)27/h2-8,11-13,23H,9-10H2,1H3,(H,21,22,24)/t13-/m1/s1. The van der Waals surface area contributed by atoms with E-state index in [-0.39, 0.29) is 17.9 Å². The van der Waals surface area contributed by atoms with Crippen molar-refractivity contribution >= 4 is 17.5 Å². The van der Waals surface area contributed by atoms with Gasteiger partial charge in [0.2, 0.25) is 0 Å². The van der Waals surface area contributed by atoms with Crippen molar-refractivity contribution in [2.45, 2.75) is 19.4 Å². The third kappa shape index (κ3) is 3.31. The van der Waals surface area contributed by atoms with Crippen molar-refractivity contribution in [3.63, 3.8) is 0 Å². The summed E-state index contributed by atoms with van der Waals surface area (Å²) in [7, 11) is 0. The van der Waals surface area contributed by atoms with Crippen LogP contribution in [0.1, 0.15) is 34.1 Å². The first-order valence-corrected chi connectivity index (χ1v) is 8.81. The quantitative estimate of drug-likeness (QED) is 0.659. The molecule has 1 aromatic heterocycles. The number of benzene rings is 2. The molecule has 0 unspecified atom stereocenters. The fourth-order valence-corrected chi connectivity index (χ4v) is 3.22. The molecule has 2 amide bonds. The molecule has 0 fully saturated rings. The Morgan fingerprint density at radius 2 is 1.81 bits per heavy atom. The first-order chi connectivity index (χ1) is 13.1. The van der Waals surface area contributed by atoms with Crippen LogP contribution in [0.15, 0.2) is 54.9 Å². The van der Waals surface area contributed by atoms with Gasteiger partial charge in [-0.1, -0.05) is 24.3 Å². The van der Waals surface area contributed by atoms with Crippen molar-refractivity contribution in [3.05, 3.63) is 66.0 Å². The van der Waals surface area contributed by atoms with Crippen molar-refractivity contribution in [2.75, 3.05) is 11.9 Å². The molecular weight excluding hydrogens is 342 g/mol. The second-order valence-electron chi connectivity index (χ2n) is 6.56. The maximum atomic E-state index is 12.4. The molecule has 27 heavy (non-hydrogen) atoms. The number of amides is 2. The van der Waals surface area contributed by atoms with Crippen LogP contribution in [0.5, 0.6) is 0 Å². The molecule has 1 aliphatic heterocycles. The number of imide groups is 1. The maximum absolute atomic E-state index is 12.4. The summed E-state index contributed by atoms with van der Waals surface area (Å²) in [5, 5.41) is 10.1. The van der Waals surface area contributed by atoms with Gasteiger partial charge in [0.15, 0.2) is 5.82 Å². The number of anilines is 1. The van der Waals surface area contributed by atoms with E-state index in [1.54, 1.807) is 24.3 Å². The molecule has 136 valence electrons. The van der Waals surface area contributed by atoms with Gasteiger partial charge in [-0.05, 0) is 37.6 Å². The number of nitrogens with one attached hydrogen (secondary N) is 2. The second kappa shape index (κ2) is 7.03. The van der Waals surface area contributed by atoms with Crippen LogP contribution in [0.2, 0.25) is 0 Å². The predicted octanol–water partition coefficient (Wildman–Crippen LogP) is 2.96. The summed E-state index contributed by atoms with van der Waals surface area (Å²) in [4.78, 5) is 30.3. The number of H-pyrrole nitrogens is 1. The van der Waals surface area contributed by atoms with Gasteiger partial charge >= 0.3 is 0 Å². The number of carbonyl (C=O) groups is 2. The van der Waals surface area contributed by atoms with Crippen molar-refractivity contribution < 1.29 is 9.59 Å². The number of aromatic nitrogens is 3. The van der Waals surface area contributed by atoms with Gasteiger partial charge in [0, 0.05) is 23.8 Å². The lowest BCUT2D eigenvalue weighted by molar-refractivity contribution is 0.0651. The van der Waals surface area contributed by atoms with Gasteiger partial charge in [0.25, 0.3) is 11.8 Å². The molecule has 2 aromatic carbocycles. The molecule has 1 aliphatic rings. The number of aromatic amines is 1. The number of nitrogens with zero attached hydrogens (tertiary/aromatic N) is 3. The highest BCUT2D eigenvalue weighted by Crippen LogP contribution is 2.23. The number of hydrogen-bond acceptors (Lipinski definition) is 5. The van der Waals surface area contributed by atoms with E-state index in [0.717, 1.165) is 11.3 Å². The highest BCUT2D eigenvalue weighted by molar-refractivity contribution is 6.21. The van der Waals surface area contributed by atoms with Crippen LogP contribution in [0.25, 0.3) is 11.4 Å². The Labute approximate surface area is 156 Å². The Kier molecular flexibility index (Phi) is 4.42. The first-order valence-electron chi connectivity index (χ1n) is 8.81. The molecule has 0 aliphatic carbocycles. The molecule has 0 bridgehead atoms. The molecule has 4 rings (SSSR count). The zero-order valence-electron chi connectivity index (χ0n) is 14.8. The van der Waals surface area contributed by atoms with Crippen LogP contribution in [-0.2, 0) is 0 Å². The zero-order chi connectivity index (χ0) is 18.8. The summed E-state index contributed by atoms with van der Waals surface area (Å²) >= 11 is 0. The predicted molar refractivity (Wildman–Crippen MR) is 101 cm³/mol. The normalized spacial score (nSPS) is 14.3. The van der Waals surface area contributed by atoms with E-state index >= 15 is 0 Å². The van der Waals surface area contributed by atoms with Crippen LogP contribution in [-0.4, -0.2) is 44.5 Å². The van der Waals surface area contributed by atoms with Gasteiger partial charge in [-0.15, -0.1) is 0 Å². The topological polar surface area (TPSA) is 91.0 Å². The van der Waals surface area contributed by atoms with Gasteiger partial charge in [-0.3, -0.25) is 19.6 Å². The lowest BCUT2D eigenvalue weighted by Crippen LogP contribution is -2.33. The van der Waals surface area contributed by atoms with E-state index in [4.69, 9.17) is 0 Å². The van der Waals surface area contributed by atoms with E-state index < -0.39 is 0 Å². The zero-order valence-corrected chi connectivity index (χ0v) is 14.8. The molecule has 7 heteroatoms. The van der Waals surface area contributed by atoms with Gasteiger partial charge in [0.05, 0.1) is 11.1 Å². The molecular formula is C20H19N5O2. The van der Waals surface area contributed by atoms with Crippen LogP contribution in [0.4, 0.5) is 5.69 Å². The van der Waals surface area contributed by atoms with Crippen LogP contribution in [0, 0.1) is 0 Å². The molecule has 0 radical (unpaired) electrons. The summed E-state index contributed by atoms with van der Waals surface area (Å²) in [6.07, 6.45) is 2.12. The molecule has 2 N–H and O–H groups in total. The third-order valence-electron chi connectivity index (χ3n) is 4.63. The number of carbonyl (C=O) groups excluding carboxylic acids is 2. The molecule has 0 saturated carbocycles. The van der Waals surface area contributed by atoms with E-state index in [1.165, 1.54) is 11.2 Å². The Hall–Kier alpha value is -3.48. The first kappa shape index (κ1) is 17.0. The molecule has 0 spiro atoms. The largest absolute Gasteiger partial charge is 0.383 e. The van der Waals surface area contributed by atoms with Gasteiger partial charge in [-0.25, -0.2) is 4.98 Å². The number of hydrogen-bond donors (Lipinski definition) is 2. The Morgan fingerprint density at radius 1 is 1.07 bits per heavy atom. The molecule has 7 nitrogen and oxygen atoms in total. The smallest absolute Gasteiger partial charge is 0.261 e. The Bertz CT molecular complexity index is 949. The maximum Gasteiger partial charge on any atom is 0.261 e. The van der Waals surface area contributed by atoms with E-state index in [0.29, 0.717) is 29.9 Å². The van der Waals surface area contributed by atoms with E-state index in [2.05, 4.69) is 20.5 Å². The Morgan fingerprint density at radius 3 is 2.48 bits per heavy atom. The lowest BCUT2D eigenvalue weighted by Gasteiger charge is -2.19. The van der Waals surface area contributed by atoms with Crippen molar-refractivity contribution in [3.8, 4) is 11.4 Å². The third-order valence-corrected chi connectivity index (χ3v) is 4.63. The molecule has 0 saturated heterocycles. The van der Waals surface area contributed by atoms with E-state index in [9.17, 15) is 9.59 Å². The Balaban J connectivity index is 1.38. The highest BCUT2D eigenvalue weighted by Gasteiger charge is 2.34. The van der Waals surface area contributed by atoms with Gasteiger partial charge < -0.3 is 5.32 Å². The summed E-state index contributed by atoms with van der Waals surface area (Å²) in [6.45, 7) is 2.40. The fourth-order valence-electron chi connectivity index (χ4n) is 3.22. The minimum atomic E-state index is -0.213. The molecule has 1 atom stereocenters. The van der Waals surface area contributed by atoms with Crippen LogP contribution >= 0.6 is 0 Å². The SMILES string of the molecule is C[C@H](CCN1C(=O)c2ccccc2C1=O)Nc1cccc(-c2ncn[nH]2)c1. The van der Waals surface area contributed by atoms with E-state index in [1.807, 2.05) is 31.2 Å². The molecule has 3 aromatic rings. The highest BCUT2D eigenvalue weighted by atomic mass is 16.2. The minimum absolute atomic E-state index is 0.0827. The van der Waals surface area contributed by atoms with Crippen molar-refractivity contribution in [1.82, 2.24) is 20.1 Å². The second-order valence-corrected chi connectivity index (χ2v) is 6.56. The number of fused-ring (bicyclic) bond motifs is 1. The van der Waals surface area contributed by atoms with Crippen LogP contribution in [0.3, 0.4) is 0 Å². The van der Waals surface area contributed by atoms with Crippen LogP contribution < -0.4 is 5.32 Å². The molecule has 2 heterocycles. The summed E-state index contributed by atoms with van der Waals surface area (Å²) in [5.74, 6) is 0.280. The monoisotopic (exact) mass is 361 g/mol. The summed E-state index contributed by atoms with van der Waals surface area (Å²) in [6, 6.07) is 14.9. The van der Waals surface area contributed by atoms with Gasteiger partial charge in [-0.2, -0.15) is 5.10 Å². The average Bonchev–Trinajstić information content (AvgIpc) is 3.29. The minimum Gasteiger partial charge on any atom is -0.383 e. The van der Waals surface area contributed by atoms with Gasteiger partial charge in [0.1, 0.15) is 6.33 Å². The summed E-state index contributed by atoms with van der Waals surface area (Å²) < 4.78 is 0. The van der Waals surface area contributed by atoms with Crippen molar-refractivity contribution in [1.29, 1.82) is 0 Å². The number of rotatable bonds is 6. The average molecular weight is 361 g/mol. The van der Waals surface area contributed by atoms with Crippen molar-refractivity contribution in [2.24, 2.45) is 0 Å². The summed E-state index contributed by atoms with van der Waals surface area (Å²) in [5.41, 5.74) is 2.86. The lowest BCUT2D eigenvalue weighted by atomic mass is 10.1.